The molecule has 1 aliphatic rings. The van der Waals surface area contributed by atoms with Crippen LogP contribution in [0.25, 0.3) is 31.9 Å². The molecule has 0 fully saturated rings. The molecule has 176 valence electrons. The van der Waals surface area contributed by atoms with Crippen molar-refractivity contribution in [2.75, 3.05) is 11.9 Å². The fraction of sp³-hybridized carbons (Fsp3) is 0.0690. The van der Waals surface area contributed by atoms with Crippen LogP contribution in [0.1, 0.15) is 27.4 Å². The maximum Gasteiger partial charge on any atom is 0.411 e. The van der Waals surface area contributed by atoms with Crippen molar-refractivity contribution in [3.63, 3.8) is 0 Å². The fourth-order valence-electron chi connectivity index (χ4n) is 4.63. The van der Waals surface area contributed by atoms with Crippen molar-refractivity contribution in [1.29, 1.82) is 0 Å². The number of thiazole rings is 1. The van der Waals surface area contributed by atoms with E-state index >= 15 is 0 Å². The second-order valence-electron chi connectivity index (χ2n) is 8.53. The summed E-state index contributed by atoms with van der Waals surface area (Å²) in [6, 6.07) is 28.7. The Bertz CT molecular complexity index is 1580. The van der Waals surface area contributed by atoms with Crippen molar-refractivity contribution in [3.8, 4) is 21.7 Å². The number of carbonyl (C=O) groups is 2. The largest absolute Gasteiger partial charge is 0.478 e. The number of aromatic nitrogens is 1. The van der Waals surface area contributed by atoms with E-state index in [4.69, 9.17) is 4.74 Å². The molecular weight excluding hydrogens is 472 g/mol. The molecule has 36 heavy (non-hydrogen) atoms. The lowest BCUT2D eigenvalue weighted by atomic mass is 9.98. The summed E-state index contributed by atoms with van der Waals surface area (Å²) < 4.78 is 6.43. The van der Waals surface area contributed by atoms with Crippen LogP contribution in [0, 0.1) is 0 Å². The van der Waals surface area contributed by atoms with Crippen LogP contribution in [0.15, 0.2) is 91.0 Å². The topological polar surface area (TPSA) is 88.5 Å². The molecule has 1 amide bonds. The molecule has 6 nitrogen and oxygen atoms in total. The van der Waals surface area contributed by atoms with Gasteiger partial charge in [0.1, 0.15) is 11.6 Å². The summed E-state index contributed by atoms with van der Waals surface area (Å²) in [5.41, 5.74) is 7.19. The summed E-state index contributed by atoms with van der Waals surface area (Å²) in [4.78, 5) is 28.4. The van der Waals surface area contributed by atoms with Gasteiger partial charge in [0.2, 0.25) is 0 Å². The average molecular weight is 493 g/mol. The van der Waals surface area contributed by atoms with Crippen LogP contribution in [0.2, 0.25) is 0 Å². The zero-order chi connectivity index (χ0) is 24.6. The van der Waals surface area contributed by atoms with Crippen molar-refractivity contribution in [2.24, 2.45) is 0 Å². The smallest absolute Gasteiger partial charge is 0.411 e. The molecule has 0 radical (unpaired) electrons. The van der Waals surface area contributed by atoms with Gasteiger partial charge in [0.05, 0.1) is 15.8 Å². The van der Waals surface area contributed by atoms with Crippen molar-refractivity contribution in [3.05, 3.63) is 108 Å². The Morgan fingerprint density at radius 3 is 2.22 bits per heavy atom. The fourth-order valence-corrected chi connectivity index (χ4v) is 5.64. The van der Waals surface area contributed by atoms with E-state index in [-0.39, 0.29) is 18.1 Å². The maximum atomic E-state index is 12.6. The number of amides is 1. The third kappa shape index (κ3) is 3.99. The molecule has 0 saturated heterocycles. The molecule has 1 heterocycles. The van der Waals surface area contributed by atoms with Crippen LogP contribution in [0.5, 0.6) is 0 Å². The Kier molecular flexibility index (Phi) is 5.47. The molecule has 0 bridgehead atoms. The van der Waals surface area contributed by atoms with Gasteiger partial charge in [-0.2, -0.15) is 0 Å². The van der Waals surface area contributed by atoms with E-state index < -0.39 is 12.1 Å². The van der Waals surface area contributed by atoms with E-state index in [0.29, 0.717) is 5.69 Å². The number of rotatable bonds is 5. The van der Waals surface area contributed by atoms with E-state index in [0.717, 1.165) is 20.8 Å². The number of carboxylic acid groups (broad SMARTS) is 1. The molecule has 0 aliphatic heterocycles. The molecule has 0 saturated carbocycles. The normalized spacial score (nSPS) is 12.2. The van der Waals surface area contributed by atoms with Crippen molar-refractivity contribution in [2.45, 2.75) is 5.92 Å². The SMILES string of the molecule is O=C(Nc1ccc(-c2nc3ccc(C(=O)O)cc3s2)cc1)OCC1c2ccccc2-c2ccccc21. The van der Waals surface area contributed by atoms with Gasteiger partial charge < -0.3 is 9.84 Å². The van der Waals surface area contributed by atoms with Crippen LogP contribution in [0.3, 0.4) is 0 Å². The van der Waals surface area contributed by atoms with Gasteiger partial charge >= 0.3 is 12.1 Å². The van der Waals surface area contributed by atoms with Crippen molar-refractivity contribution < 1.29 is 19.4 Å². The highest BCUT2D eigenvalue weighted by Gasteiger charge is 2.29. The summed E-state index contributed by atoms with van der Waals surface area (Å²) >= 11 is 1.43. The quantitative estimate of drug-likeness (QED) is 0.275. The first-order valence-corrected chi connectivity index (χ1v) is 12.2. The summed E-state index contributed by atoms with van der Waals surface area (Å²) in [5.74, 6) is -0.957. The van der Waals surface area contributed by atoms with Gasteiger partial charge in [-0.25, -0.2) is 14.6 Å². The number of hydrogen-bond acceptors (Lipinski definition) is 5. The lowest BCUT2D eigenvalue weighted by molar-refractivity contribution is 0.0697. The highest BCUT2D eigenvalue weighted by atomic mass is 32.1. The number of hydrogen-bond donors (Lipinski definition) is 2. The minimum absolute atomic E-state index is 0.00574. The first-order chi connectivity index (χ1) is 17.6. The van der Waals surface area contributed by atoms with Crippen LogP contribution in [-0.4, -0.2) is 28.8 Å². The number of ether oxygens (including phenoxy) is 1. The Morgan fingerprint density at radius 2 is 1.56 bits per heavy atom. The summed E-state index contributed by atoms with van der Waals surface area (Å²) in [7, 11) is 0. The van der Waals surface area contributed by atoms with Crippen molar-refractivity contribution >= 4 is 39.3 Å². The second kappa shape index (κ2) is 8.94. The van der Waals surface area contributed by atoms with Crippen LogP contribution >= 0.6 is 11.3 Å². The molecular formula is C29H20N2O4S. The summed E-state index contributed by atoms with van der Waals surface area (Å²) in [6.07, 6.45) is -0.509. The molecule has 1 aromatic heterocycles. The van der Waals surface area contributed by atoms with Gasteiger partial charge in [0.25, 0.3) is 0 Å². The van der Waals surface area contributed by atoms with Crippen LogP contribution in [0.4, 0.5) is 10.5 Å². The molecule has 5 aromatic rings. The first-order valence-electron chi connectivity index (χ1n) is 11.4. The van der Waals surface area contributed by atoms with Crippen LogP contribution in [-0.2, 0) is 4.74 Å². The van der Waals surface area contributed by atoms with Gasteiger partial charge in [-0.05, 0) is 64.7 Å². The standard InChI is InChI=1S/C29H20N2O4S/c32-28(33)18-11-14-25-26(15-18)36-27(31-25)17-9-12-19(13-10-17)30-29(34)35-16-24-22-7-3-1-5-20(22)21-6-2-4-8-23(21)24/h1-15,24H,16H2,(H,30,34)(H,32,33). The van der Waals surface area contributed by atoms with E-state index in [9.17, 15) is 14.7 Å². The Hall–Kier alpha value is -4.49. The molecule has 0 unspecified atom stereocenters. The zero-order valence-corrected chi connectivity index (χ0v) is 19.8. The number of fused-ring (bicyclic) bond motifs is 4. The number of nitrogens with one attached hydrogen (secondary N) is 1. The number of benzene rings is 4. The average Bonchev–Trinajstić information content (AvgIpc) is 3.47. The third-order valence-electron chi connectivity index (χ3n) is 6.36. The predicted octanol–water partition coefficient (Wildman–Crippen LogP) is 7.02. The van der Waals surface area contributed by atoms with Gasteiger partial charge in [-0.15, -0.1) is 11.3 Å². The molecule has 1 aliphatic carbocycles. The Balaban J connectivity index is 1.13. The number of carbonyl (C=O) groups excluding carboxylic acids is 1. The molecule has 6 rings (SSSR count). The van der Waals surface area contributed by atoms with E-state index in [1.54, 1.807) is 30.3 Å². The highest BCUT2D eigenvalue weighted by Crippen LogP contribution is 2.44. The maximum absolute atomic E-state index is 12.6. The van der Waals surface area contributed by atoms with Gasteiger partial charge in [-0.1, -0.05) is 48.5 Å². The number of carboxylic acids is 1. The van der Waals surface area contributed by atoms with E-state index in [1.807, 2.05) is 36.4 Å². The summed E-state index contributed by atoms with van der Waals surface area (Å²) in [6.45, 7) is 0.252. The predicted molar refractivity (Wildman–Crippen MR) is 141 cm³/mol. The monoisotopic (exact) mass is 492 g/mol. The van der Waals surface area contributed by atoms with Crippen molar-refractivity contribution in [1.82, 2.24) is 4.98 Å². The first kappa shape index (κ1) is 22.0. The zero-order valence-electron chi connectivity index (χ0n) is 19.0. The molecule has 0 atom stereocenters. The molecule has 0 spiro atoms. The third-order valence-corrected chi connectivity index (χ3v) is 7.42. The molecule has 7 heteroatoms. The summed E-state index contributed by atoms with van der Waals surface area (Å²) in [5, 5.41) is 12.8. The Labute approximate surface area is 210 Å². The molecule has 2 N–H and O–H groups in total. The lowest BCUT2D eigenvalue weighted by Gasteiger charge is -2.14. The molecule has 4 aromatic carbocycles. The highest BCUT2D eigenvalue weighted by molar-refractivity contribution is 7.21. The minimum Gasteiger partial charge on any atom is -0.478 e. The van der Waals surface area contributed by atoms with E-state index in [2.05, 4.69) is 34.6 Å². The lowest BCUT2D eigenvalue weighted by Crippen LogP contribution is -2.17. The number of aromatic carboxylic acids is 1. The van der Waals surface area contributed by atoms with Gasteiger partial charge in [0.15, 0.2) is 0 Å². The number of anilines is 1. The number of nitrogens with zero attached hydrogens (tertiary/aromatic N) is 1. The van der Waals surface area contributed by atoms with Gasteiger partial charge in [0, 0.05) is 17.2 Å². The van der Waals surface area contributed by atoms with Crippen LogP contribution < -0.4 is 5.32 Å². The second-order valence-corrected chi connectivity index (χ2v) is 9.57. The Morgan fingerprint density at radius 1 is 0.889 bits per heavy atom. The van der Waals surface area contributed by atoms with E-state index in [1.165, 1.54) is 33.6 Å². The van der Waals surface area contributed by atoms with Gasteiger partial charge in [-0.3, -0.25) is 5.32 Å². The minimum atomic E-state index is -0.962.